The van der Waals surface area contributed by atoms with Gasteiger partial charge in [0.2, 0.25) is 0 Å². The molecule has 0 aliphatic carbocycles. The third kappa shape index (κ3) is 2.42. The molecule has 46 valence electrons. The summed E-state index contributed by atoms with van der Waals surface area (Å²) >= 11 is 2.22. The van der Waals surface area contributed by atoms with Crippen molar-refractivity contribution >= 4 is 24.1 Å². The van der Waals surface area contributed by atoms with Crippen molar-refractivity contribution in [3.8, 4) is 0 Å². The fourth-order valence-corrected chi connectivity index (χ4v) is 0.948. The molecular weight excluding hydrogens is 107 g/mol. The first-order valence-corrected chi connectivity index (χ1v) is 3.67. The molecule has 1 rings (SSSR count). The molecule has 0 N–H and O–H groups in total. The SMILES string of the molecule is [Li][CH2]CCN1C=NCC1. The van der Waals surface area contributed by atoms with E-state index >= 15 is 0 Å². The summed E-state index contributed by atoms with van der Waals surface area (Å²) in [6.45, 7) is 3.34. The Labute approximate surface area is 65.5 Å². The van der Waals surface area contributed by atoms with Crippen molar-refractivity contribution in [2.75, 3.05) is 19.6 Å². The van der Waals surface area contributed by atoms with Gasteiger partial charge in [-0.05, 0) is 0 Å². The van der Waals surface area contributed by atoms with Crippen LogP contribution in [0.25, 0.3) is 0 Å². The van der Waals surface area contributed by atoms with Gasteiger partial charge in [0.25, 0.3) is 0 Å². The maximum atomic E-state index is 4.12. The average molecular weight is 118 g/mol. The van der Waals surface area contributed by atoms with Crippen LogP contribution >= 0.6 is 0 Å². The van der Waals surface area contributed by atoms with Gasteiger partial charge in [-0.2, -0.15) is 0 Å². The Morgan fingerprint density at radius 2 is 2.56 bits per heavy atom. The first kappa shape index (κ1) is 7.18. The van der Waals surface area contributed by atoms with E-state index in [9.17, 15) is 0 Å². The van der Waals surface area contributed by atoms with Crippen LogP contribution in [0.2, 0.25) is 5.09 Å². The summed E-state index contributed by atoms with van der Waals surface area (Å²) < 4.78 is 0. The fourth-order valence-electron chi connectivity index (χ4n) is 0.948. The van der Waals surface area contributed by atoms with Crippen molar-refractivity contribution in [3.05, 3.63) is 0 Å². The summed E-state index contributed by atoms with van der Waals surface area (Å²) in [6, 6.07) is 0. The minimum absolute atomic E-state index is 1.00. The molecule has 9 heavy (non-hydrogen) atoms. The normalized spacial score (nSPS) is 17.3. The second-order valence-corrected chi connectivity index (χ2v) is 2.41. The van der Waals surface area contributed by atoms with Crippen molar-refractivity contribution < 1.29 is 0 Å². The third-order valence-electron chi connectivity index (χ3n) is 1.56. The molecule has 1 aliphatic heterocycles. The molecule has 0 spiro atoms. The molecule has 0 unspecified atom stereocenters. The van der Waals surface area contributed by atoms with E-state index in [-0.39, 0.29) is 0 Å². The summed E-state index contributed by atoms with van der Waals surface area (Å²) in [5, 5.41) is 1.28. The molecule has 0 aromatic rings. The van der Waals surface area contributed by atoms with Gasteiger partial charge in [-0.15, -0.1) is 0 Å². The fraction of sp³-hybridized carbons (Fsp3) is 0.833. The van der Waals surface area contributed by atoms with E-state index < -0.39 is 0 Å². The predicted octanol–water partition coefficient (Wildman–Crippen LogP) is 0.307. The first-order chi connectivity index (χ1) is 4.43. The quantitative estimate of drug-likeness (QED) is 0.487. The van der Waals surface area contributed by atoms with Gasteiger partial charge in [0.05, 0.1) is 0 Å². The van der Waals surface area contributed by atoms with Gasteiger partial charge in [0.15, 0.2) is 0 Å². The number of hydrogen-bond acceptors (Lipinski definition) is 2. The van der Waals surface area contributed by atoms with Crippen molar-refractivity contribution in [2.45, 2.75) is 11.5 Å². The third-order valence-corrected chi connectivity index (χ3v) is 1.56. The number of rotatable bonds is 3. The summed E-state index contributed by atoms with van der Waals surface area (Å²) in [7, 11) is 0. The van der Waals surface area contributed by atoms with Gasteiger partial charge < -0.3 is 0 Å². The second-order valence-electron chi connectivity index (χ2n) is 2.41. The summed E-state index contributed by atoms with van der Waals surface area (Å²) in [6.07, 6.45) is 3.27. The van der Waals surface area contributed by atoms with Crippen LogP contribution in [0, 0.1) is 0 Å². The Kier molecular flexibility index (Phi) is 3.17. The Bertz CT molecular complexity index is 103. The zero-order valence-corrected chi connectivity index (χ0v) is 6.01. The van der Waals surface area contributed by atoms with Crippen LogP contribution in [0.5, 0.6) is 0 Å². The number of aliphatic imine (C=N–C) groups is 1. The average Bonchev–Trinajstić information content (AvgIpc) is 2.34. The Hall–Kier alpha value is 0.0674. The van der Waals surface area contributed by atoms with Crippen LogP contribution < -0.4 is 0 Å². The van der Waals surface area contributed by atoms with Gasteiger partial charge in [0, 0.05) is 0 Å². The van der Waals surface area contributed by atoms with Crippen molar-refractivity contribution in [2.24, 2.45) is 4.99 Å². The van der Waals surface area contributed by atoms with E-state index in [2.05, 4.69) is 27.6 Å². The Balaban J connectivity index is 2.05. The minimum atomic E-state index is 1.00. The van der Waals surface area contributed by atoms with E-state index in [0.717, 1.165) is 13.1 Å². The monoisotopic (exact) mass is 118 g/mol. The molecule has 1 aliphatic rings. The zero-order valence-electron chi connectivity index (χ0n) is 6.01. The molecule has 1 heterocycles. The molecule has 0 atom stereocenters. The predicted molar refractivity (Wildman–Crippen MR) is 40.1 cm³/mol. The molecular formula is C6H11LiN2. The Morgan fingerprint density at radius 3 is 3.11 bits per heavy atom. The Morgan fingerprint density at radius 1 is 1.67 bits per heavy atom. The molecule has 0 bridgehead atoms. The second kappa shape index (κ2) is 3.98. The van der Waals surface area contributed by atoms with Gasteiger partial charge in [0.1, 0.15) is 0 Å². The summed E-state index contributed by atoms with van der Waals surface area (Å²) in [5.41, 5.74) is 0. The van der Waals surface area contributed by atoms with Crippen LogP contribution in [-0.4, -0.2) is 48.6 Å². The molecule has 2 nitrogen and oxygen atoms in total. The van der Waals surface area contributed by atoms with Crippen LogP contribution in [0.3, 0.4) is 0 Å². The van der Waals surface area contributed by atoms with E-state index in [1.807, 2.05) is 6.34 Å². The molecule has 0 saturated heterocycles. The molecule has 0 amide bonds. The van der Waals surface area contributed by atoms with Gasteiger partial charge >= 0.3 is 65.1 Å². The molecule has 3 heteroatoms. The van der Waals surface area contributed by atoms with E-state index in [1.54, 1.807) is 0 Å². The maximum absolute atomic E-state index is 4.12. The molecule has 0 saturated carbocycles. The topological polar surface area (TPSA) is 15.6 Å². The van der Waals surface area contributed by atoms with Crippen LogP contribution in [0.1, 0.15) is 6.42 Å². The summed E-state index contributed by atoms with van der Waals surface area (Å²) in [4.78, 5) is 6.40. The van der Waals surface area contributed by atoms with Gasteiger partial charge in [-0.3, -0.25) is 0 Å². The first-order valence-electron chi connectivity index (χ1n) is 3.67. The van der Waals surface area contributed by atoms with Crippen LogP contribution in [0.15, 0.2) is 4.99 Å². The van der Waals surface area contributed by atoms with Crippen LogP contribution in [0.4, 0.5) is 0 Å². The van der Waals surface area contributed by atoms with E-state index in [1.165, 1.54) is 18.1 Å². The van der Waals surface area contributed by atoms with Crippen LogP contribution in [-0.2, 0) is 0 Å². The molecule has 0 aromatic heterocycles. The van der Waals surface area contributed by atoms with E-state index in [0.29, 0.717) is 0 Å². The van der Waals surface area contributed by atoms with E-state index in [4.69, 9.17) is 0 Å². The zero-order chi connectivity index (χ0) is 6.53. The van der Waals surface area contributed by atoms with Crippen molar-refractivity contribution in [1.29, 1.82) is 0 Å². The number of hydrogen-bond donors (Lipinski definition) is 0. The molecule has 0 aromatic carbocycles. The van der Waals surface area contributed by atoms with Gasteiger partial charge in [-0.25, -0.2) is 0 Å². The molecule has 0 fully saturated rings. The number of nitrogens with zero attached hydrogens (tertiary/aromatic N) is 2. The molecule has 0 radical (unpaired) electrons. The van der Waals surface area contributed by atoms with Crippen molar-refractivity contribution in [1.82, 2.24) is 4.90 Å². The standard InChI is InChI=1S/C6H11N2.Li/c1-2-4-8-5-3-7-6-8;/h6H,1-5H2;. The van der Waals surface area contributed by atoms with Gasteiger partial charge in [-0.1, -0.05) is 0 Å². The van der Waals surface area contributed by atoms with Crippen molar-refractivity contribution in [3.63, 3.8) is 0 Å². The summed E-state index contributed by atoms with van der Waals surface area (Å²) in [5.74, 6) is 0.